The highest BCUT2D eigenvalue weighted by atomic mass is 16.2. The summed E-state index contributed by atoms with van der Waals surface area (Å²) in [6, 6.07) is 14.5. The van der Waals surface area contributed by atoms with Crippen LogP contribution in [0.15, 0.2) is 48.7 Å². The molecular formula is C24H23N9O. The summed E-state index contributed by atoms with van der Waals surface area (Å²) >= 11 is 0. The van der Waals surface area contributed by atoms with E-state index in [-0.39, 0.29) is 5.91 Å². The van der Waals surface area contributed by atoms with Crippen LogP contribution in [0.2, 0.25) is 0 Å². The third kappa shape index (κ3) is 3.81. The molecule has 4 aromatic rings. The van der Waals surface area contributed by atoms with E-state index < -0.39 is 6.04 Å². The lowest BCUT2D eigenvalue weighted by atomic mass is 10.2. The molecule has 1 aromatic carbocycles. The molecule has 2 fully saturated rings. The number of rotatable bonds is 6. The number of fused-ring (bicyclic) bond motifs is 1. The predicted octanol–water partition coefficient (Wildman–Crippen LogP) is 3.55. The van der Waals surface area contributed by atoms with Gasteiger partial charge in [0.1, 0.15) is 11.6 Å². The number of H-pyrrole nitrogens is 1. The number of aromatic amines is 1. The van der Waals surface area contributed by atoms with Gasteiger partial charge >= 0.3 is 0 Å². The number of nitrogens with one attached hydrogen (secondary N) is 3. The van der Waals surface area contributed by atoms with Crippen molar-refractivity contribution in [3.05, 3.63) is 59.9 Å². The number of nitriles is 1. The molecule has 34 heavy (non-hydrogen) atoms. The van der Waals surface area contributed by atoms with Crippen molar-refractivity contribution in [2.45, 2.75) is 37.6 Å². The minimum absolute atomic E-state index is 0.139. The molecule has 1 aliphatic carbocycles. The first-order valence-corrected chi connectivity index (χ1v) is 11.4. The topological polar surface area (TPSA) is 127 Å². The molecule has 1 amide bonds. The van der Waals surface area contributed by atoms with Crippen molar-refractivity contribution in [3.8, 4) is 6.07 Å². The van der Waals surface area contributed by atoms with E-state index in [4.69, 9.17) is 10.2 Å². The van der Waals surface area contributed by atoms with Crippen LogP contribution < -0.4 is 15.5 Å². The molecule has 1 saturated heterocycles. The molecule has 0 radical (unpaired) electrons. The second kappa shape index (κ2) is 8.19. The van der Waals surface area contributed by atoms with Crippen molar-refractivity contribution in [2.24, 2.45) is 0 Å². The molecule has 170 valence electrons. The average Bonchev–Trinajstić information content (AvgIpc) is 3.23. The molecular weight excluding hydrogens is 430 g/mol. The standard InChI is InChI=1S/C24H23N9O/c25-14-15-4-1-5-17(12-15)26-23(34)20-7-2-10-32(20)24-28-22(19-6-3-11-33(19)31-24)27-21-13-18(29-30-21)16-8-9-16/h1,3-6,11-13,16,20H,2,7-10H2,(H,26,34)(H2,27,28,29,30,31)/t20-/m0/s1. The first kappa shape index (κ1) is 20.2. The summed E-state index contributed by atoms with van der Waals surface area (Å²) in [5.74, 6) is 2.27. The maximum absolute atomic E-state index is 13.1. The molecule has 0 spiro atoms. The number of nitrogens with zero attached hydrogens (tertiary/aromatic N) is 6. The molecule has 1 atom stereocenters. The second-order valence-corrected chi connectivity index (χ2v) is 8.74. The van der Waals surface area contributed by atoms with E-state index in [9.17, 15) is 4.79 Å². The van der Waals surface area contributed by atoms with Crippen LogP contribution in [0, 0.1) is 11.3 Å². The predicted molar refractivity (Wildman–Crippen MR) is 127 cm³/mol. The Labute approximate surface area is 195 Å². The zero-order valence-electron chi connectivity index (χ0n) is 18.4. The zero-order chi connectivity index (χ0) is 23.1. The van der Waals surface area contributed by atoms with E-state index in [1.165, 1.54) is 12.8 Å². The van der Waals surface area contributed by atoms with Crippen molar-refractivity contribution in [2.75, 3.05) is 22.1 Å². The van der Waals surface area contributed by atoms with Crippen LogP contribution in [-0.2, 0) is 4.79 Å². The van der Waals surface area contributed by atoms with Gasteiger partial charge in [0.2, 0.25) is 11.9 Å². The maximum atomic E-state index is 13.1. The third-order valence-corrected chi connectivity index (χ3v) is 6.31. The van der Waals surface area contributed by atoms with Gasteiger partial charge in [-0.05, 0) is 56.0 Å². The lowest BCUT2D eigenvalue weighted by Crippen LogP contribution is -2.40. The van der Waals surface area contributed by atoms with Gasteiger partial charge in [0.05, 0.1) is 11.6 Å². The van der Waals surface area contributed by atoms with Gasteiger partial charge in [0.15, 0.2) is 11.6 Å². The largest absolute Gasteiger partial charge is 0.327 e. The van der Waals surface area contributed by atoms with Crippen molar-refractivity contribution in [3.63, 3.8) is 0 Å². The molecule has 10 nitrogen and oxygen atoms in total. The van der Waals surface area contributed by atoms with E-state index >= 15 is 0 Å². The Bertz CT molecular complexity index is 1410. The lowest BCUT2D eigenvalue weighted by Gasteiger charge is -2.24. The fourth-order valence-corrected chi connectivity index (χ4v) is 4.43. The minimum atomic E-state index is -0.404. The van der Waals surface area contributed by atoms with Crippen molar-refractivity contribution < 1.29 is 4.79 Å². The number of benzene rings is 1. The summed E-state index contributed by atoms with van der Waals surface area (Å²) in [5, 5.41) is 27.6. The second-order valence-electron chi connectivity index (χ2n) is 8.74. The maximum Gasteiger partial charge on any atom is 0.247 e. The van der Waals surface area contributed by atoms with E-state index in [1.807, 2.05) is 29.3 Å². The van der Waals surface area contributed by atoms with Crippen LogP contribution in [0.3, 0.4) is 0 Å². The quantitative estimate of drug-likeness (QED) is 0.407. The van der Waals surface area contributed by atoms with Gasteiger partial charge in [-0.3, -0.25) is 9.89 Å². The Balaban J connectivity index is 1.27. The molecule has 0 bridgehead atoms. The van der Waals surface area contributed by atoms with Gasteiger partial charge < -0.3 is 15.5 Å². The van der Waals surface area contributed by atoms with Crippen LogP contribution >= 0.6 is 0 Å². The number of carbonyl (C=O) groups is 1. The van der Waals surface area contributed by atoms with Gasteiger partial charge in [-0.15, -0.1) is 5.10 Å². The summed E-state index contributed by atoms with van der Waals surface area (Å²) in [5.41, 5.74) is 3.07. The van der Waals surface area contributed by atoms with Crippen molar-refractivity contribution in [1.29, 1.82) is 5.26 Å². The smallest absolute Gasteiger partial charge is 0.247 e. The molecule has 2 aliphatic rings. The van der Waals surface area contributed by atoms with Gasteiger partial charge in [0.25, 0.3) is 0 Å². The fourth-order valence-electron chi connectivity index (χ4n) is 4.43. The number of hydrogen-bond acceptors (Lipinski definition) is 7. The van der Waals surface area contributed by atoms with Crippen molar-refractivity contribution >= 4 is 34.7 Å². The highest BCUT2D eigenvalue weighted by Gasteiger charge is 2.33. The Morgan fingerprint density at radius 1 is 1.18 bits per heavy atom. The summed E-state index contributed by atoms with van der Waals surface area (Å²) in [7, 11) is 0. The summed E-state index contributed by atoms with van der Waals surface area (Å²) in [6.07, 6.45) is 5.81. The zero-order valence-corrected chi connectivity index (χ0v) is 18.4. The monoisotopic (exact) mass is 453 g/mol. The van der Waals surface area contributed by atoms with E-state index in [1.54, 1.807) is 28.8 Å². The fraction of sp³-hybridized carbons (Fsp3) is 0.292. The van der Waals surface area contributed by atoms with Gasteiger partial charge in [-0.1, -0.05) is 6.07 Å². The number of aromatic nitrogens is 5. The molecule has 6 rings (SSSR count). The molecule has 3 N–H and O–H groups in total. The Hall–Kier alpha value is -4.39. The number of anilines is 4. The van der Waals surface area contributed by atoms with Crippen LogP contribution in [0.5, 0.6) is 0 Å². The summed E-state index contributed by atoms with van der Waals surface area (Å²) in [4.78, 5) is 19.9. The van der Waals surface area contributed by atoms with Crippen molar-refractivity contribution in [1.82, 2.24) is 24.8 Å². The first-order valence-electron chi connectivity index (χ1n) is 11.4. The van der Waals surface area contributed by atoms with E-state index in [0.717, 1.165) is 17.6 Å². The van der Waals surface area contributed by atoms with Crippen LogP contribution in [0.25, 0.3) is 5.52 Å². The Kier molecular flexibility index (Phi) is 4.87. The van der Waals surface area contributed by atoms with Crippen LogP contribution in [0.4, 0.5) is 23.3 Å². The molecule has 1 aliphatic heterocycles. The van der Waals surface area contributed by atoms with Gasteiger partial charge in [-0.25, -0.2) is 4.52 Å². The highest BCUT2D eigenvalue weighted by Crippen LogP contribution is 2.39. The SMILES string of the molecule is N#Cc1cccc(NC(=O)[C@@H]2CCCN2c2nc(Nc3cc(C4CC4)[nH]n3)c3cccn3n2)c1. The minimum Gasteiger partial charge on any atom is -0.327 e. The molecule has 0 unspecified atom stereocenters. The van der Waals surface area contributed by atoms with Gasteiger partial charge in [-0.2, -0.15) is 15.3 Å². The number of hydrogen-bond donors (Lipinski definition) is 3. The first-order chi connectivity index (χ1) is 16.7. The Morgan fingerprint density at radius 2 is 2.09 bits per heavy atom. The van der Waals surface area contributed by atoms with Crippen LogP contribution in [0.1, 0.15) is 42.9 Å². The van der Waals surface area contributed by atoms with Gasteiger partial charge in [0, 0.05) is 36.1 Å². The molecule has 4 heterocycles. The summed E-state index contributed by atoms with van der Waals surface area (Å²) in [6.45, 7) is 0.677. The normalized spacial score (nSPS) is 17.6. The Morgan fingerprint density at radius 3 is 2.94 bits per heavy atom. The summed E-state index contributed by atoms with van der Waals surface area (Å²) < 4.78 is 1.77. The average molecular weight is 454 g/mol. The molecule has 10 heteroatoms. The molecule has 3 aromatic heterocycles. The third-order valence-electron chi connectivity index (χ3n) is 6.31. The number of amides is 1. The highest BCUT2D eigenvalue weighted by molar-refractivity contribution is 5.97. The van der Waals surface area contributed by atoms with E-state index in [0.29, 0.717) is 47.7 Å². The van der Waals surface area contributed by atoms with Crippen LogP contribution in [-0.4, -0.2) is 43.3 Å². The number of carbonyl (C=O) groups excluding carboxylic acids is 1. The lowest BCUT2D eigenvalue weighted by molar-refractivity contribution is -0.117. The van der Waals surface area contributed by atoms with E-state index in [2.05, 4.69) is 32.0 Å². The molecule has 1 saturated carbocycles.